The van der Waals surface area contributed by atoms with Gasteiger partial charge in [0.05, 0.1) is 6.54 Å². The summed E-state index contributed by atoms with van der Waals surface area (Å²) >= 11 is 0. The number of nitrogens with zero attached hydrogens (tertiary/aromatic N) is 2. The van der Waals surface area contributed by atoms with Crippen LogP contribution in [0.5, 0.6) is 0 Å². The Labute approximate surface area is 91.2 Å². The molecule has 1 heterocycles. The fourth-order valence-electron chi connectivity index (χ4n) is 1.72. The molecule has 4 nitrogen and oxygen atoms in total. The zero-order valence-corrected chi connectivity index (χ0v) is 9.66. The molecule has 1 fully saturated rings. The number of hydrogen-bond acceptors (Lipinski definition) is 3. The highest BCUT2D eigenvalue weighted by atomic mass is 16.2. The first-order valence-corrected chi connectivity index (χ1v) is 5.55. The van der Waals surface area contributed by atoms with E-state index in [0.717, 1.165) is 25.9 Å². The summed E-state index contributed by atoms with van der Waals surface area (Å²) < 4.78 is 0. The Morgan fingerprint density at radius 3 is 2.40 bits per heavy atom. The van der Waals surface area contributed by atoms with Crippen LogP contribution in [0.3, 0.4) is 0 Å². The smallest absolute Gasteiger partial charge is 0.236 e. The van der Waals surface area contributed by atoms with Gasteiger partial charge in [-0.05, 0) is 26.8 Å². The van der Waals surface area contributed by atoms with E-state index < -0.39 is 0 Å². The van der Waals surface area contributed by atoms with Crippen LogP contribution in [0, 0.1) is 0 Å². The van der Waals surface area contributed by atoms with Gasteiger partial charge in [-0.25, -0.2) is 0 Å². The predicted molar refractivity (Wildman–Crippen MR) is 58.6 cm³/mol. The van der Waals surface area contributed by atoms with E-state index in [9.17, 15) is 9.59 Å². The van der Waals surface area contributed by atoms with Gasteiger partial charge in [0.25, 0.3) is 0 Å². The van der Waals surface area contributed by atoms with Gasteiger partial charge >= 0.3 is 0 Å². The van der Waals surface area contributed by atoms with Crippen molar-refractivity contribution in [3.63, 3.8) is 0 Å². The second kappa shape index (κ2) is 5.85. The summed E-state index contributed by atoms with van der Waals surface area (Å²) in [5.74, 6) is 0.369. The molecule has 4 heteroatoms. The Hall–Kier alpha value is -0.900. The first-order valence-electron chi connectivity index (χ1n) is 5.55. The Balaban J connectivity index is 2.21. The zero-order valence-electron chi connectivity index (χ0n) is 9.66. The number of Topliss-reactive ketones (excluding diaryl/α,β-unsaturated/α-hetero) is 1. The topological polar surface area (TPSA) is 40.6 Å². The van der Waals surface area contributed by atoms with Crippen molar-refractivity contribution in [3.05, 3.63) is 0 Å². The molecule has 0 aromatic heterocycles. The van der Waals surface area contributed by atoms with E-state index in [0.29, 0.717) is 19.5 Å². The molecular weight excluding hydrogens is 192 g/mol. The van der Waals surface area contributed by atoms with Crippen LogP contribution in [0.1, 0.15) is 26.2 Å². The molecule has 86 valence electrons. The van der Waals surface area contributed by atoms with Gasteiger partial charge in [0.1, 0.15) is 5.78 Å². The number of hydrogen-bond donors (Lipinski definition) is 0. The Bertz CT molecular complexity index is 235. The summed E-state index contributed by atoms with van der Waals surface area (Å²) in [6.45, 7) is 4.50. The van der Waals surface area contributed by atoms with E-state index in [1.54, 1.807) is 6.92 Å². The van der Waals surface area contributed by atoms with Gasteiger partial charge in [0, 0.05) is 26.1 Å². The van der Waals surface area contributed by atoms with Crippen LogP contribution in [-0.4, -0.2) is 54.7 Å². The van der Waals surface area contributed by atoms with Crippen LogP contribution >= 0.6 is 0 Å². The van der Waals surface area contributed by atoms with Crippen molar-refractivity contribution < 1.29 is 9.59 Å². The number of likely N-dealkylation sites (N-methyl/N-ethyl adjacent to an activating group) is 1. The first-order chi connectivity index (χ1) is 7.09. The highest BCUT2D eigenvalue weighted by molar-refractivity contribution is 5.78. The van der Waals surface area contributed by atoms with Crippen LogP contribution < -0.4 is 0 Å². The standard InChI is InChI=1S/C11H20N2O2/c1-10(14)5-8-12(2)9-11(15)13-6-3-4-7-13/h3-9H2,1-2H3. The summed E-state index contributed by atoms with van der Waals surface area (Å²) in [6.07, 6.45) is 2.79. The summed E-state index contributed by atoms with van der Waals surface area (Å²) in [5, 5.41) is 0. The second-order valence-corrected chi connectivity index (χ2v) is 4.28. The molecular formula is C11H20N2O2. The lowest BCUT2D eigenvalue weighted by atomic mass is 10.3. The molecule has 0 bridgehead atoms. The largest absolute Gasteiger partial charge is 0.342 e. The van der Waals surface area contributed by atoms with Gasteiger partial charge < -0.3 is 4.90 Å². The van der Waals surface area contributed by atoms with Crippen LogP contribution in [0.2, 0.25) is 0 Å². The molecule has 0 N–H and O–H groups in total. The third kappa shape index (κ3) is 4.42. The third-order valence-corrected chi connectivity index (χ3v) is 2.71. The minimum absolute atomic E-state index is 0.176. The van der Waals surface area contributed by atoms with Crippen molar-refractivity contribution in [2.24, 2.45) is 0 Å². The Morgan fingerprint density at radius 1 is 1.27 bits per heavy atom. The molecule has 0 spiro atoms. The van der Waals surface area contributed by atoms with E-state index >= 15 is 0 Å². The number of ketones is 1. The molecule has 0 saturated carbocycles. The number of amides is 1. The number of rotatable bonds is 5. The fourth-order valence-corrected chi connectivity index (χ4v) is 1.72. The first kappa shape index (κ1) is 12.2. The Kier molecular flexibility index (Phi) is 4.75. The van der Waals surface area contributed by atoms with Gasteiger partial charge in [-0.15, -0.1) is 0 Å². The van der Waals surface area contributed by atoms with Gasteiger partial charge in [0.2, 0.25) is 5.91 Å². The number of carbonyl (C=O) groups is 2. The van der Waals surface area contributed by atoms with Gasteiger partial charge in [-0.3, -0.25) is 14.5 Å². The number of carbonyl (C=O) groups excluding carboxylic acids is 2. The summed E-state index contributed by atoms with van der Waals surface area (Å²) in [7, 11) is 1.89. The van der Waals surface area contributed by atoms with Crippen molar-refractivity contribution in [2.75, 3.05) is 33.2 Å². The molecule has 15 heavy (non-hydrogen) atoms. The van der Waals surface area contributed by atoms with Crippen LogP contribution in [0.25, 0.3) is 0 Å². The summed E-state index contributed by atoms with van der Waals surface area (Å²) in [4.78, 5) is 26.3. The van der Waals surface area contributed by atoms with Crippen molar-refractivity contribution in [2.45, 2.75) is 26.2 Å². The van der Waals surface area contributed by atoms with Crippen molar-refractivity contribution in [1.82, 2.24) is 9.80 Å². The van der Waals surface area contributed by atoms with Crippen molar-refractivity contribution in [3.8, 4) is 0 Å². The lowest BCUT2D eigenvalue weighted by Crippen LogP contribution is -2.37. The third-order valence-electron chi connectivity index (χ3n) is 2.71. The maximum Gasteiger partial charge on any atom is 0.236 e. The molecule has 0 unspecified atom stereocenters. The summed E-state index contributed by atoms with van der Waals surface area (Å²) in [5.41, 5.74) is 0. The molecule has 1 aliphatic rings. The zero-order chi connectivity index (χ0) is 11.3. The monoisotopic (exact) mass is 212 g/mol. The highest BCUT2D eigenvalue weighted by Crippen LogP contribution is 2.07. The molecule has 1 rings (SSSR count). The molecule has 0 radical (unpaired) electrons. The van der Waals surface area contributed by atoms with E-state index in [2.05, 4.69) is 0 Å². The quantitative estimate of drug-likeness (QED) is 0.667. The maximum atomic E-state index is 11.7. The molecule has 1 aliphatic heterocycles. The number of likely N-dealkylation sites (tertiary alicyclic amines) is 1. The second-order valence-electron chi connectivity index (χ2n) is 4.28. The van der Waals surface area contributed by atoms with Gasteiger partial charge in [0.15, 0.2) is 0 Å². The average molecular weight is 212 g/mol. The van der Waals surface area contributed by atoms with E-state index in [-0.39, 0.29) is 11.7 Å². The molecule has 0 aromatic carbocycles. The molecule has 1 saturated heterocycles. The van der Waals surface area contributed by atoms with Crippen LogP contribution in [0.4, 0.5) is 0 Å². The van der Waals surface area contributed by atoms with Crippen molar-refractivity contribution >= 4 is 11.7 Å². The summed E-state index contributed by atoms with van der Waals surface area (Å²) in [6, 6.07) is 0. The molecule has 0 aliphatic carbocycles. The van der Waals surface area contributed by atoms with Gasteiger partial charge in [-0.1, -0.05) is 0 Å². The van der Waals surface area contributed by atoms with E-state index in [1.807, 2.05) is 16.8 Å². The molecule has 0 aromatic rings. The van der Waals surface area contributed by atoms with Gasteiger partial charge in [-0.2, -0.15) is 0 Å². The highest BCUT2D eigenvalue weighted by Gasteiger charge is 2.18. The fraction of sp³-hybridized carbons (Fsp3) is 0.818. The van der Waals surface area contributed by atoms with Crippen molar-refractivity contribution in [1.29, 1.82) is 0 Å². The van der Waals surface area contributed by atoms with Crippen LogP contribution in [-0.2, 0) is 9.59 Å². The lowest BCUT2D eigenvalue weighted by molar-refractivity contribution is -0.131. The lowest BCUT2D eigenvalue weighted by Gasteiger charge is -2.20. The average Bonchev–Trinajstić information content (AvgIpc) is 2.67. The van der Waals surface area contributed by atoms with E-state index in [1.165, 1.54) is 0 Å². The van der Waals surface area contributed by atoms with Crippen LogP contribution in [0.15, 0.2) is 0 Å². The molecule has 0 atom stereocenters. The maximum absolute atomic E-state index is 11.7. The normalized spacial score (nSPS) is 16.1. The minimum Gasteiger partial charge on any atom is -0.342 e. The SMILES string of the molecule is CC(=O)CCN(C)CC(=O)N1CCCC1. The Morgan fingerprint density at radius 2 is 1.87 bits per heavy atom. The predicted octanol–water partition coefficient (Wildman–Crippen LogP) is 0.520. The van der Waals surface area contributed by atoms with E-state index in [4.69, 9.17) is 0 Å². The molecule has 1 amide bonds. The minimum atomic E-state index is 0.176.